The van der Waals surface area contributed by atoms with E-state index in [4.69, 9.17) is 5.73 Å². The molecule has 1 unspecified atom stereocenters. The van der Waals surface area contributed by atoms with Crippen molar-refractivity contribution >= 4 is 32.4 Å². The van der Waals surface area contributed by atoms with Crippen LogP contribution in [0, 0.1) is 0 Å². The van der Waals surface area contributed by atoms with Gasteiger partial charge in [-0.15, -0.1) is 5.10 Å². The molecule has 6 nitrogen and oxygen atoms in total. The Bertz CT molecular complexity index is 580. The summed E-state index contributed by atoms with van der Waals surface area (Å²) in [4.78, 5) is 0. The van der Waals surface area contributed by atoms with Crippen molar-refractivity contribution in [1.29, 1.82) is 0 Å². The highest BCUT2D eigenvalue weighted by molar-refractivity contribution is 9.10. The molecule has 0 bridgehead atoms. The van der Waals surface area contributed by atoms with E-state index in [1.54, 1.807) is 4.68 Å². The lowest BCUT2D eigenvalue weighted by Crippen LogP contribution is -2.11. The van der Waals surface area contributed by atoms with Gasteiger partial charge in [0, 0.05) is 38.0 Å². The molecule has 19 heavy (non-hydrogen) atoms. The van der Waals surface area contributed by atoms with Crippen molar-refractivity contribution in [2.24, 2.45) is 0 Å². The molecular formula is C11H14BrN5OS. The Morgan fingerprint density at radius 3 is 2.89 bits per heavy atom. The molecule has 0 amide bonds. The number of halogens is 1. The fourth-order valence-corrected chi connectivity index (χ4v) is 2.81. The Hall–Kier alpha value is -1.28. The number of aryl methyl sites for hydroxylation is 1. The van der Waals surface area contributed by atoms with Gasteiger partial charge in [0.2, 0.25) is 0 Å². The second-order valence-electron chi connectivity index (χ2n) is 3.93. The Balaban J connectivity index is 2.25. The largest absolute Gasteiger partial charge is 0.399 e. The second-order valence-corrected chi connectivity index (χ2v) is 6.71. The molecule has 2 aromatic rings. The molecule has 8 heteroatoms. The molecule has 0 radical (unpaired) electrons. The monoisotopic (exact) mass is 343 g/mol. The van der Waals surface area contributed by atoms with E-state index in [2.05, 4.69) is 31.5 Å². The molecule has 1 heterocycles. The predicted octanol–water partition coefficient (Wildman–Crippen LogP) is 1.45. The van der Waals surface area contributed by atoms with Crippen LogP contribution >= 0.6 is 15.9 Å². The molecule has 1 aromatic carbocycles. The minimum atomic E-state index is -0.835. The van der Waals surface area contributed by atoms with Crippen LogP contribution in [0.15, 0.2) is 22.7 Å². The topological polar surface area (TPSA) is 86.7 Å². The first-order valence-corrected chi connectivity index (χ1v) is 8.06. The molecule has 0 aliphatic heterocycles. The smallest absolute Gasteiger partial charge is 0.182 e. The van der Waals surface area contributed by atoms with Crippen molar-refractivity contribution in [3.8, 4) is 11.4 Å². The van der Waals surface area contributed by atoms with Crippen LogP contribution in [0.1, 0.15) is 6.92 Å². The molecule has 102 valence electrons. The summed E-state index contributed by atoms with van der Waals surface area (Å²) >= 11 is 3.39. The molecule has 0 saturated carbocycles. The average Bonchev–Trinajstić information content (AvgIpc) is 2.83. The first-order valence-electron chi connectivity index (χ1n) is 5.77. The van der Waals surface area contributed by atoms with Crippen molar-refractivity contribution in [3.63, 3.8) is 0 Å². The highest BCUT2D eigenvalue weighted by atomic mass is 79.9. The zero-order valence-electron chi connectivity index (χ0n) is 10.4. The van der Waals surface area contributed by atoms with Crippen LogP contribution in [-0.2, 0) is 17.3 Å². The van der Waals surface area contributed by atoms with Gasteiger partial charge in [0.05, 0.1) is 6.54 Å². The number of nitrogen functional groups attached to an aromatic ring is 1. The van der Waals surface area contributed by atoms with Gasteiger partial charge in [0.15, 0.2) is 5.82 Å². The minimum Gasteiger partial charge on any atom is -0.399 e. The summed E-state index contributed by atoms with van der Waals surface area (Å²) in [5.41, 5.74) is 7.27. The number of nitrogens with zero attached hydrogens (tertiary/aromatic N) is 4. The molecule has 0 spiro atoms. The number of benzene rings is 1. The van der Waals surface area contributed by atoms with E-state index in [0.717, 1.165) is 10.0 Å². The summed E-state index contributed by atoms with van der Waals surface area (Å²) in [5, 5.41) is 11.6. The van der Waals surface area contributed by atoms with Gasteiger partial charge in [-0.25, -0.2) is 4.68 Å². The van der Waals surface area contributed by atoms with Gasteiger partial charge in [-0.2, -0.15) is 0 Å². The van der Waals surface area contributed by atoms with Crippen LogP contribution in [0.3, 0.4) is 0 Å². The summed E-state index contributed by atoms with van der Waals surface area (Å²) in [5.74, 6) is 1.81. The fourth-order valence-electron chi connectivity index (χ4n) is 1.64. The van der Waals surface area contributed by atoms with Crippen LogP contribution in [0.4, 0.5) is 5.69 Å². The van der Waals surface area contributed by atoms with Crippen molar-refractivity contribution < 1.29 is 4.21 Å². The molecule has 1 aromatic heterocycles. The van der Waals surface area contributed by atoms with E-state index in [1.807, 2.05) is 25.1 Å². The third-order valence-corrected chi connectivity index (χ3v) is 4.30. The zero-order chi connectivity index (χ0) is 13.8. The summed E-state index contributed by atoms with van der Waals surface area (Å²) in [6, 6.07) is 5.52. The number of hydrogen-bond donors (Lipinski definition) is 1. The minimum absolute atomic E-state index is 0.523. The lowest BCUT2D eigenvalue weighted by Gasteiger charge is -2.05. The van der Waals surface area contributed by atoms with Crippen LogP contribution in [0.25, 0.3) is 11.4 Å². The van der Waals surface area contributed by atoms with E-state index >= 15 is 0 Å². The predicted molar refractivity (Wildman–Crippen MR) is 78.9 cm³/mol. The average molecular weight is 344 g/mol. The molecule has 2 N–H and O–H groups in total. The lowest BCUT2D eigenvalue weighted by atomic mass is 10.2. The molecule has 2 rings (SSSR count). The standard InChI is InChI=1S/C11H14BrN5OS/c1-2-19(18)4-3-17-11(14-15-16-17)8-5-9(12)7-10(13)6-8/h5-7H,2-4,13H2,1H3. The third-order valence-electron chi connectivity index (χ3n) is 2.56. The van der Waals surface area contributed by atoms with Crippen molar-refractivity contribution in [3.05, 3.63) is 22.7 Å². The van der Waals surface area contributed by atoms with Crippen LogP contribution < -0.4 is 5.73 Å². The Labute approximate surface area is 122 Å². The van der Waals surface area contributed by atoms with Gasteiger partial charge in [0.25, 0.3) is 0 Å². The van der Waals surface area contributed by atoms with Gasteiger partial charge in [-0.1, -0.05) is 22.9 Å². The summed E-state index contributed by atoms with van der Waals surface area (Å²) in [7, 11) is -0.835. The fraction of sp³-hybridized carbons (Fsp3) is 0.364. The van der Waals surface area contributed by atoms with Crippen molar-refractivity contribution in [2.75, 3.05) is 17.2 Å². The van der Waals surface area contributed by atoms with Gasteiger partial charge >= 0.3 is 0 Å². The summed E-state index contributed by atoms with van der Waals surface area (Å²) in [6.07, 6.45) is 0. The van der Waals surface area contributed by atoms with Crippen LogP contribution in [0.5, 0.6) is 0 Å². The molecule has 0 aliphatic carbocycles. The maximum absolute atomic E-state index is 11.5. The summed E-state index contributed by atoms with van der Waals surface area (Å²) < 4.78 is 14.0. The molecule has 1 atom stereocenters. The number of aromatic nitrogens is 4. The lowest BCUT2D eigenvalue weighted by molar-refractivity contribution is 0.624. The van der Waals surface area contributed by atoms with E-state index in [9.17, 15) is 4.21 Å². The van der Waals surface area contributed by atoms with Crippen LogP contribution in [-0.4, -0.2) is 35.9 Å². The van der Waals surface area contributed by atoms with Gasteiger partial charge in [0.1, 0.15) is 0 Å². The normalized spacial score (nSPS) is 12.5. The molecule has 0 aliphatic rings. The van der Waals surface area contributed by atoms with Gasteiger partial charge < -0.3 is 5.73 Å². The quantitative estimate of drug-likeness (QED) is 0.830. The van der Waals surface area contributed by atoms with Crippen LogP contribution in [0.2, 0.25) is 0 Å². The molecule has 0 fully saturated rings. The maximum Gasteiger partial charge on any atom is 0.182 e. The Kier molecular flexibility index (Phi) is 4.65. The number of hydrogen-bond acceptors (Lipinski definition) is 5. The van der Waals surface area contributed by atoms with Crippen molar-refractivity contribution in [1.82, 2.24) is 20.2 Å². The third kappa shape index (κ3) is 3.60. The number of anilines is 1. The van der Waals surface area contributed by atoms with E-state index in [0.29, 0.717) is 29.6 Å². The number of nitrogens with two attached hydrogens (primary N) is 1. The van der Waals surface area contributed by atoms with E-state index in [-0.39, 0.29) is 0 Å². The van der Waals surface area contributed by atoms with Gasteiger partial charge in [-0.05, 0) is 28.6 Å². The highest BCUT2D eigenvalue weighted by Gasteiger charge is 2.11. The van der Waals surface area contributed by atoms with Crippen molar-refractivity contribution in [2.45, 2.75) is 13.5 Å². The second kappa shape index (κ2) is 6.25. The molecule has 0 saturated heterocycles. The number of rotatable bonds is 5. The molecular weight excluding hydrogens is 330 g/mol. The zero-order valence-corrected chi connectivity index (χ0v) is 12.8. The number of tetrazole rings is 1. The Morgan fingerprint density at radius 1 is 1.42 bits per heavy atom. The SMILES string of the molecule is CCS(=O)CCn1nnnc1-c1cc(N)cc(Br)c1. The van der Waals surface area contributed by atoms with E-state index in [1.165, 1.54) is 0 Å². The Morgan fingerprint density at radius 2 is 2.21 bits per heavy atom. The maximum atomic E-state index is 11.5. The van der Waals surface area contributed by atoms with E-state index < -0.39 is 10.8 Å². The highest BCUT2D eigenvalue weighted by Crippen LogP contribution is 2.24. The first kappa shape index (κ1) is 14.1. The first-order chi connectivity index (χ1) is 9.10. The summed E-state index contributed by atoms with van der Waals surface area (Å²) in [6.45, 7) is 2.42. The van der Waals surface area contributed by atoms with Gasteiger partial charge in [-0.3, -0.25) is 4.21 Å².